The maximum Gasteiger partial charge on any atom is 0.194 e. The van der Waals surface area contributed by atoms with Gasteiger partial charge in [-0.2, -0.15) is 0 Å². The zero-order chi connectivity index (χ0) is 17.4. The smallest absolute Gasteiger partial charge is 0.194 e. The lowest BCUT2D eigenvalue weighted by Gasteiger charge is -2.27. The zero-order valence-corrected chi connectivity index (χ0v) is 14.7. The summed E-state index contributed by atoms with van der Waals surface area (Å²) in [6, 6.07) is 2.15. The third-order valence-electron chi connectivity index (χ3n) is 5.22. The number of hydrogen-bond acceptors (Lipinski definition) is 0. The monoisotopic (exact) mass is 338 g/mol. The number of benzene rings is 1. The average molecular weight is 338 g/mol. The van der Waals surface area contributed by atoms with Gasteiger partial charge in [0, 0.05) is 0 Å². The highest BCUT2D eigenvalue weighted by Gasteiger charge is 2.19. The number of allylic oxidation sites excluding steroid dienone is 2. The number of rotatable bonds is 8. The van der Waals surface area contributed by atoms with Crippen LogP contribution in [0, 0.1) is 29.3 Å². The average Bonchev–Trinajstić information content (AvgIpc) is 2.58. The van der Waals surface area contributed by atoms with Crippen LogP contribution in [-0.4, -0.2) is 0 Å². The molecule has 0 spiro atoms. The first-order valence-corrected chi connectivity index (χ1v) is 9.38. The van der Waals surface area contributed by atoms with E-state index in [0.717, 1.165) is 30.4 Å². The minimum absolute atomic E-state index is 0.445. The van der Waals surface area contributed by atoms with E-state index in [4.69, 9.17) is 0 Å². The van der Waals surface area contributed by atoms with Gasteiger partial charge in [0.05, 0.1) is 0 Å². The summed E-state index contributed by atoms with van der Waals surface area (Å²) in [7, 11) is 0. The van der Waals surface area contributed by atoms with Gasteiger partial charge in [-0.15, -0.1) is 0 Å². The van der Waals surface area contributed by atoms with Crippen LogP contribution < -0.4 is 0 Å². The Labute approximate surface area is 144 Å². The molecule has 0 saturated heterocycles. The summed E-state index contributed by atoms with van der Waals surface area (Å²) in [6.45, 7) is 2.25. The van der Waals surface area contributed by atoms with Gasteiger partial charge in [0.1, 0.15) is 0 Å². The van der Waals surface area contributed by atoms with Crippen LogP contribution in [0.5, 0.6) is 0 Å². The zero-order valence-electron chi connectivity index (χ0n) is 14.7. The first-order chi connectivity index (χ1) is 11.6. The van der Waals surface area contributed by atoms with Crippen LogP contribution in [0.2, 0.25) is 0 Å². The van der Waals surface area contributed by atoms with E-state index < -0.39 is 17.5 Å². The third kappa shape index (κ3) is 5.99. The Balaban J connectivity index is 1.68. The second-order valence-electron chi connectivity index (χ2n) is 7.17. The topological polar surface area (TPSA) is 0 Å². The second kappa shape index (κ2) is 9.90. The largest absolute Gasteiger partial charge is 0.204 e. The van der Waals surface area contributed by atoms with Crippen LogP contribution in [0.3, 0.4) is 0 Å². The van der Waals surface area contributed by atoms with E-state index in [1.807, 2.05) is 6.08 Å². The summed E-state index contributed by atoms with van der Waals surface area (Å²) >= 11 is 0. The van der Waals surface area contributed by atoms with Gasteiger partial charge < -0.3 is 0 Å². The molecule has 1 saturated carbocycles. The molecule has 0 radical (unpaired) electrons. The van der Waals surface area contributed by atoms with Crippen molar-refractivity contribution in [3.05, 3.63) is 47.3 Å². The van der Waals surface area contributed by atoms with Crippen molar-refractivity contribution in [1.29, 1.82) is 0 Å². The molecule has 0 bridgehead atoms. The summed E-state index contributed by atoms with van der Waals surface area (Å²) in [6.07, 6.45) is 16.2. The quantitative estimate of drug-likeness (QED) is 0.272. The first-order valence-electron chi connectivity index (χ1n) is 9.38. The lowest BCUT2D eigenvalue weighted by atomic mass is 9.78. The lowest BCUT2D eigenvalue weighted by Crippen LogP contribution is -2.14. The molecule has 0 aliphatic heterocycles. The molecule has 2 rings (SSSR count). The molecule has 1 aromatic rings. The van der Waals surface area contributed by atoms with Crippen molar-refractivity contribution in [3.8, 4) is 0 Å². The van der Waals surface area contributed by atoms with Crippen molar-refractivity contribution in [2.75, 3.05) is 0 Å². The fourth-order valence-corrected chi connectivity index (χ4v) is 3.67. The van der Waals surface area contributed by atoms with Gasteiger partial charge in [-0.05, 0) is 55.2 Å². The molecule has 1 aliphatic carbocycles. The molecular weight excluding hydrogens is 309 g/mol. The van der Waals surface area contributed by atoms with Gasteiger partial charge in [0.15, 0.2) is 17.5 Å². The Hall–Kier alpha value is -1.25. The lowest BCUT2D eigenvalue weighted by molar-refractivity contribution is 0.260. The van der Waals surface area contributed by atoms with Crippen LogP contribution in [0.25, 0.3) is 0 Å². The van der Waals surface area contributed by atoms with Crippen LogP contribution >= 0.6 is 0 Å². The van der Waals surface area contributed by atoms with E-state index in [9.17, 15) is 13.2 Å². The van der Waals surface area contributed by atoms with E-state index in [-0.39, 0.29) is 0 Å². The first kappa shape index (κ1) is 19.1. The van der Waals surface area contributed by atoms with Crippen molar-refractivity contribution >= 4 is 0 Å². The highest BCUT2D eigenvalue weighted by molar-refractivity contribution is 5.21. The summed E-state index contributed by atoms with van der Waals surface area (Å²) in [5.41, 5.74) is 0.474. The van der Waals surface area contributed by atoms with Crippen LogP contribution in [0.1, 0.15) is 70.3 Å². The van der Waals surface area contributed by atoms with Crippen molar-refractivity contribution < 1.29 is 13.2 Å². The Morgan fingerprint density at radius 3 is 2.17 bits per heavy atom. The predicted octanol–water partition coefficient (Wildman–Crippen LogP) is 6.98. The molecule has 3 heteroatoms. The van der Waals surface area contributed by atoms with Crippen molar-refractivity contribution in [2.45, 2.75) is 71.1 Å². The second-order valence-corrected chi connectivity index (χ2v) is 7.17. The minimum Gasteiger partial charge on any atom is -0.204 e. The number of unbranched alkanes of at least 4 members (excludes halogenated alkanes) is 2. The highest BCUT2D eigenvalue weighted by Crippen LogP contribution is 2.33. The molecule has 0 aromatic heterocycles. The van der Waals surface area contributed by atoms with Gasteiger partial charge in [-0.3, -0.25) is 0 Å². The van der Waals surface area contributed by atoms with E-state index in [1.54, 1.807) is 0 Å². The Morgan fingerprint density at radius 2 is 1.54 bits per heavy atom. The molecule has 1 aromatic carbocycles. The summed E-state index contributed by atoms with van der Waals surface area (Å²) in [5, 5.41) is 0. The molecule has 1 fully saturated rings. The van der Waals surface area contributed by atoms with Crippen LogP contribution in [0.15, 0.2) is 24.3 Å². The fraction of sp³-hybridized carbons (Fsp3) is 0.619. The summed E-state index contributed by atoms with van der Waals surface area (Å²) < 4.78 is 39.2. The van der Waals surface area contributed by atoms with Crippen LogP contribution in [0.4, 0.5) is 13.2 Å². The van der Waals surface area contributed by atoms with E-state index >= 15 is 0 Å². The maximum atomic E-state index is 13.1. The minimum atomic E-state index is -1.39. The van der Waals surface area contributed by atoms with Gasteiger partial charge in [0.2, 0.25) is 0 Å². The van der Waals surface area contributed by atoms with Crippen LogP contribution in [-0.2, 0) is 6.42 Å². The highest BCUT2D eigenvalue weighted by atomic mass is 19.2. The molecule has 0 N–H and O–H groups in total. The third-order valence-corrected chi connectivity index (χ3v) is 5.22. The van der Waals surface area contributed by atoms with Gasteiger partial charge >= 0.3 is 0 Å². The number of halogens is 3. The maximum absolute atomic E-state index is 13.1. The van der Waals surface area contributed by atoms with E-state index in [0.29, 0.717) is 12.0 Å². The number of hydrogen-bond donors (Lipinski definition) is 0. The van der Waals surface area contributed by atoms with E-state index in [1.165, 1.54) is 51.4 Å². The van der Waals surface area contributed by atoms with Gasteiger partial charge in [0.25, 0.3) is 0 Å². The van der Waals surface area contributed by atoms with Crippen molar-refractivity contribution in [2.24, 2.45) is 11.8 Å². The van der Waals surface area contributed by atoms with Gasteiger partial charge in [-0.1, -0.05) is 57.6 Å². The Kier molecular flexibility index (Phi) is 7.87. The summed E-state index contributed by atoms with van der Waals surface area (Å²) in [4.78, 5) is 0. The molecule has 0 nitrogen and oxygen atoms in total. The summed E-state index contributed by atoms with van der Waals surface area (Å²) in [5.74, 6) is -1.95. The fourth-order valence-electron chi connectivity index (χ4n) is 3.67. The molecule has 134 valence electrons. The van der Waals surface area contributed by atoms with Gasteiger partial charge in [-0.25, -0.2) is 13.2 Å². The SMILES string of the molecule is CCCCCC1CCC(CC=CCc2cc(F)c(F)c(F)c2)CC1. The normalized spacial score (nSPS) is 21.5. The Bertz CT molecular complexity index is 505. The molecule has 0 heterocycles. The molecule has 24 heavy (non-hydrogen) atoms. The molecular formula is C21H29F3. The van der Waals surface area contributed by atoms with E-state index in [2.05, 4.69) is 13.0 Å². The molecule has 0 unspecified atom stereocenters. The standard InChI is InChI=1S/C21H29F3/c1-2-3-4-7-16-10-12-17(13-11-16)8-5-6-9-18-14-19(22)21(24)20(23)15-18/h5-6,14-17H,2-4,7-13H2,1H3. The van der Waals surface area contributed by atoms with Crippen molar-refractivity contribution in [3.63, 3.8) is 0 Å². The van der Waals surface area contributed by atoms with Crippen molar-refractivity contribution in [1.82, 2.24) is 0 Å². The molecule has 0 amide bonds. The predicted molar refractivity (Wildman–Crippen MR) is 93.4 cm³/mol. The molecule has 0 atom stereocenters. The molecule has 1 aliphatic rings. The Morgan fingerprint density at radius 1 is 0.917 bits per heavy atom.